The van der Waals surface area contributed by atoms with Crippen LogP contribution >= 0.6 is 0 Å². The number of aliphatic hydroxyl groups excluding tert-OH is 1. The number of benzene rings is 1. The first-order valence-corrected chi connectivity index (χ1v) is 2.92. The number of aliphatic hydroxyl groups is 1. The minimum Gasteiger partial charge on any atom is -0.508 e. The summed E-state index contributed by atoms with van der Waals surface area (Å²) >= 11 is 0. The van der Waals surface area contributed by atoms with Crippen molar-refractivity contribution in [1.82, 2.24) is 0 Å². The van der Waals surface area contributed by atoms with Crippen molar-refractivity contribution in [3.63, 3.8) is 0 Å². The lowest BCUT2D eigenvalue weighted by Crippen LogP contribution is -1.92. The van der Waals surface area contributed by atoms with Gasteiger partial charge in [-0.25, -0.2) is 0 Å². The van der Waals surface area contributed by atoms with E-state index in [1.165, 1.54) is 12.1 Å². The van der Waals surface area contributed by atoms with Gasteiger partial charge in [-0.2, -0.15) is 0 Å². The van der Waals surface area contributed by atoms with Gasteiger partial charge in [-0.1, -0.05) is 0 Å². The maximum atomic E-state index is 8.90. The Balaban J connectivity index is 3.09. The zero-order valence-corrected chi connectivity index (χ0v) is 5.41. The predicted octanol–water partition coefficient (Wildman–Crippen LogP) is 0.467. The van der Waals surface area contributed by atoms with Gasteiger partial charge in [0.15, 0.2) is 0 Å². The number of phenols is 1. The molecule has 0 bridgehead atoms. The van der Waals surface area contributed by atoms with E-state index in [4.69, 9.17) is 15.9 Å². The average Bonchev–Trinajstić information content (AvgIpc) is 1.94. The number of aromatic hydroxyl groups is 1. The zero-order chi connectivity index (χ0) is 7.56. The van der Waals surface area contributed by atoms with Crippen LogP contribution in [0.2, 0.25) is 0 Å². The number of nitrogens with two attached hydrogens (primary N) is 1. The second kappa shape index (κ2) is 2.58. The molecule has 0 radical (unpaired) electrons. The topological polar surface area (TPSA) is 66.5 Å². The molecule has 1 aromatic rings. The number of hydrogen-bond donors (Lipinski definition) is 3. The van der Waals surface area contributed by atoms with Gasteiger partial charge >= 0.3 is 0 Å². The van der Waals surface area contributed by atoms with Crippen LogP contribution in [0.1, 0.15) is 5.56 Å². The highest BCUT2D eigenvalue weighted by Crippen LogP contribution is 2.17. The van der Waals surface area contributed by atoms with Gasteiger partial charge in [0, 0.05) is 11.3 Å². The van der Waals surface area contributed by atoms with Gasteiger partial charge in [-0.15, -0.1) is 0 Å². The molecule has 0 heterocycles. The standard InChI is InChI=1S/C7H9NO2/c8-7-2-1-6(10)3-5(7)4-9/h1-3,9-10H,4,8H2. The van der Waals surface area contributed by atoms with E-state index in [1.807, 2.05) is 0 Å². The van der Waals surface area contributed by atoms with Crippen molar-refractivity contribution < 1.29 is 10.2 Å². The first-order chi connectivity index (χ1) is 4.74. The molecule has 4 N–H and O–H groups in total. The molecule has 10 heavy (non-hydrogen) atoms. The minimum atomic E-state index is -0.139. The number of anilines is 1. The van der Waals surface area contributed by atoms with Crippen LogP contribution in [0.25, 0.3) is 0 Å². The smallest absolute Gasteiger partial charge is 0.116 e. The summed E-state index contributed by atoms with van der Waals surface area (Å²) in [5.74, 6) is 0.123. The van der Waals surface area contributed by atoms with Crippen LogP contribution in [0.15, 0.2) is 18.2 Å². The summed E-state index contributed by atoms with van der Waals surface area (Å²) in [4.78, 5) is 0. The quantitative estimate of drug-likeness (QED) is 0.391. The highest BCUT2D eigenvalue weighted by Gasteiger charge is 1.96. The number of phenolic OH excluding ortho intramolecular Hbond substituents is 1. The Kier molecular flexibility index (Phi) is 1.78. The van der Waals surface area contributed by atoms with E-state index < -0.39 is 0 Å². The molecule has 0 amide bonds. The van der Waals surface area contributed by atoms with Crippen LogP contribution in [0.4, 0.5) is 5.69 Å². The SMILES string of the molecule is Nc1ccc(O)cc1CO. The molecule has 0 fully saturated rings. The molecule has 1 aromatic carbocycles. The predicted molar refractivity (Wildman–Crippen MR) is 38.4 cm³/mol. The lowest BCUT2D eigenvalue weighted by atomic mass is 10.2. The molecule has 0 aliphatic rings. The van der Waals surface area contributed by atoms with E-state index >= 15 is 0 Å². The third kappa shape index (κ3) is 1.19. The minimum absolute atomic E-state index is 0.123. The summed E-state index contributed by atoms with van der Waals surface area (Å²) in [7, 11) is 0. The van der Waals surface area contributed by atoms with Gasteiger partial charge in [-0.05, 0) is 18.2 Å². The lowest BCUT2D eigenvalue weighted by molar-refractivity contribution is 0.282. The van der Waals surface area contributed by atoms with Crippen molar-refractivity contribution in [2.75, 3.05) is 5.73 Å². The van der Waals surface area contributed by atoms with Crippen molar-refractivity contribution in [3.8, 4) is 5.75 Å². The summed E-state index contributed by atoms with van der Waals surface area (Å²) in [6, 6.07) is 4.48. The maximum Gasteiger partial charge on any atom is 0.116 e. The van der Waals surface area contributed by atoms with Crippen LogP contribution in [0.3, 0.4) is 0 Å². The second-order valence-corrected chi connectivity index (χ2v) is 2.04. The fourth-order valence-corrected chi connectivity index (χ4v) is 0.729. The molecule has 3 nitrogen and oxygen atoms in total. The molecular weight excluding hydrogens is 130 g/mol. The summed E-state index contributed by atoms with van der Waals surface area (Å²) in [5.41, 5.74) is 6.48. The third-order valence-corrected chi connectivity index (χ3v) is 1.30. The van der Waals surface area contributed by atoms with Crippen molar-refractivity contribution >= 4 is 5.69 Å². The van der Waals surface area contributed by atoms with Crippen LogP contribution in [0.5, 0.6) is 5.75 Å². The lowest BCUT2D eigenvalue weighted by Gasteiger charge is -2.00. The fourth-order valence-electron chi connectivity index (χ4n) is 0.729. The second-order valence-electron chi connectivity index (χ2n) is 2.04. The Labute approximate surface area is 58.7 Å². The molecule has 0 aliphatic heterocycles. The van der Waals surface area contributed by atoms with Gasteiger partial charge in [0.2, 0.25) is 0 Å². The van der Waals surface area contributed by atoms with Gasteiger partial charge in [-0.3, -0.25) is 0 Å². The Morgan fingerprint density at radius 1 is 1.40 bits per heavy atom. The summed E-state index contributed by atoms with van der Waals surface area (Å²) in [5, 5.41) is 17.6. The first-order valence-electron chi connectivity index (χ1n) is 2.92. The highest BCUT2D eigenvalue weighted by atomic mass is 16.3. The molecule has 0 aromatic heterocycles. The average molecular weight is 139 g/mol. The summed E-state index contributed by atoms with van der Waals surface area (Å²) in [6.45, 7) is -0.139. The molecule has 0 unspecified atom stereocenters. The Morgan fingerprint density at radius 3 is 2.60 bits per heavy atom. The number of nitrogen functional groups attached to an aromatic ring is 1. The number of rotatable bonds is 1. The maximum absolute atomic E-state index is 8.90. The molecular formula is C7H9NO2. The normalized spacial score (nSPS) is 9.70. The van der Waals surface area contributed by atoms with Crippen molar-refractivity contribution in [2.24, 2.45) is 0 Å². The van der Waals surface area contributed by atoms with Crippen molar-refractivity contribution in [2.45, 2.75) is 6.61 Å². The van der Waals surface area contributed by atoms with E-state index in [9.17, 15) is 0 Å². The molecule has 54 valence electrons. The van der Waals surface area contributed by atoms with Gasteiger partial charge in [0.1, 0.15) is 5.75 Å². The molecule has 0 saturated carbocycles. The van der Waals surface area contributed by atoms with Crippen molar-refractivity contribution in [3.05, 3.63) is 23.8 Å². The summed E-state index contributed by atoms with van der Waals surface area (Å²) < 4.78 is 0. The van der Waals surface area contributed by atoms with E-state index in [1.54, 1.807) is 6.07 Å². The van der Waals surface area contributed by atoms with Crippen molar-refractivity contribution in [1.29, 1.82) is 0 Å². The largest absolute Gasteiger partial charge is 0.508 e. The molecule has 3 heteroatoms. The van der Waals surface area contributed by atoms with Crippen LogP contribution in [-0.4, -0.2) is 10.2 Å². The van der Waals surface area contributed by atoms with E-state index in [-0.39, 0.29) is 12.4 Å². The monoisotopic (exact) mass is 139 g/mol. The van der Waals surface area contributed by atoms with Crippen LogP contribution in [0, 0.1) is 0 Å². The third-order valence-electron chi connectivity index (χ3n) is 1.30. The molecule has 0 saturated heterocycles. The van der Waals surface area contributed by atoms with Crippen LogP contribution in [-0.2, 0) is 6.61 Å². The van der Waals surface area contributed by atoms with E-state index in [0.717, 1.165) is 0 Å². The Morgan fingerprint density at radius 2 is 2.10 bits per heavy atom. The molecule has 0 aliphatic carbocycles. The fraction of sp³-hybridized carbons (Fsp3) is 0.143. The van der Waals surface area contributed by atoms with Gasteiger partial charge < -0.3 is 15.9 Å². The molecule has 0 atom stereocenters. The van der Waals surface area contributed by atoms with E-state index in [0.29, 0.717) is 11.3 Å². The Hall–Kier alpha value is -1.22. The molecule has 1 rings (SSSR count). The highest BCUT2D eigenvalue weighted by molar-refractivity contribution is 5.49. The van der Waals surface area contributed by atoms with Crippen LogP contribution < -0.4 is 5.73 Å². The van der Waals surface area contributed by atoms with Gasteiger partial charge in [0.05, 0.1) is 6.61 Å². The first kappa shape index (κ1) is 6.89. The Bertz CT molecular complexity index is 235. The summed E-state index contributed by atoms with van der Waals surface area (Å²) in [6.07, 6.45) is 0. The zero-order valence-electron chi connectivity index (χ0n) is 5.41. The van der Waals surface area contributed by atoms with E-state index in [2.05, 4.69) is 0 Å². The number of hydrogen-bond acceptors (Lipinski definition) is 3. The van der Waals surface area contributed by atoms with Gasteiger partial charge in [0.25, 0.3) is 0 Å². The molecule has 0 spiro atoms.